The number of rotatable bonds is 3. The van der Waals surface area contributed by atoms with E-state index in [9.17, 15) is 4.79 Å². The molecule has 0 aromatic rings. The predicted molar refractivity (Wildman–Crippen MR) is 40.6 cm³/mol. The van der Waals surface area contributed by atoms with E-state index < -0.39 is 0 Å². The summed E-state index contributed by atoms with van der Waals surface area (Å²) in [4.78, 5) is 11.2. The number of hydrogen-bond donors (Lipinski definition) is 1. The highest BCUT2D eigenvalue weighted by atomic mass is 16.1. The van der Waals surface area contributed by atoms with Crippen LogP contribution in [0.5, 0.6) is 0 Å². The molecular weight excluding hydrogens is 126 g/mol. The first-order valence-corrected chi connectivity index (χ1v) is 4.05. The zero-order chi connectivity index (χ0) is 7.56. The Bertz CT molecular complexity index is 122. The zero-order valence-electron chi connectivity index (χ0n) is 6.47. The number of nitrogens with two attached hydrogens (primary N) is 1. The third-order valence-corrected chi connectivity index (χ3v) is 2.31. The van der Waals surface area contributed by atoms with Gasteiger partial charge in [-0.3, -0.25) is 4.79 Å². The van der Waals surface area contributed by atoms with E-state index in [0.29, 0.717) is 5.92 Å². The lowest BCUT2D eigenvalue weighted by atomic mass is 9.79. The van der Waals surface area contributed by atoms with Crippen LogP contribution in [0.3, 0.4) is 0 Å². The third-order valence-electron chi connectivity index (χ3n) is 2.31. The van der Waals surface area contributed by atoms with Crippen molar-refractivity contribution in [2.24, 2.45) is 11.7 Å². The summed E-state index contributed by atoms with van der Waals surface area (Å²) in [5.74, 6) is 0.601. The lowest BCUT2D eigenvalue weighted by Crippen LogP contribution is -2.37. The van der Waals surface area contributed by atoms with E-state index in [1.165, 1.54) is 6.42 Å². The standard InChI is InChI=1S/C8H15NO/c1-2-7(9)8(10)6-4-3-5-6/h6-7H,2-5,9H2,1H3/t7-/m0/s1. The third kappa shape index (κ3) is 1.37. The average molecular weight is 141 g/mol. The van der Waals surface area contributed by atoms with Crippen LogP contribution < -0.4 is 5.73 Å². The molecule has 2 heteroatoms. The van der Waals surface area contributed by atoms with Gasteiger partial charge in [-0.25, -0.2) is 0 Å². The van der Waals surface area contributed by atoms with Gasteiger partial charge in [0.1, 0.15) is 0 Å². The van der Waals surface area contributed by atoms with Crippen molar-refractivity contribution in [3.8, 4) is 0 Å². The molecule has 0 heterocycles. The Morgan fingerprint density at radius 2 is 2.30 bits per heavy atom. The fourth-order valence-electron chi connectivity index (χ4n) is 1.20. The second-order valence-corrected chi connectivity index (χ2v) is 3.04. The van der Waals surface area contributed by atoms with Crippen molar-refractivity contribution in [3.63, 3.8) is 0 Å². The Labute approximate surface area is 61.8 Å². The molecule has 1 rings (SSSR count). The monoisotopic (exact) mass is 141 g/mol. The molecule has 1 aliphatic carbocycles. The molecule has 58 valence electrons. The van der Waals surface area contributed by atoms with Crippen LogP contribution in [0.25, 0.3) is 0 Å². The number of hydrogen-bond acceptors (Lipinski definition) is 2. The van der Waals surface area contributed by atoms with Gasteiger partial charge in [0.25, 0.3) is 0 Å². The average Bonchev–Trinajstić information content (AvgIpc) is 1.82. The summed E-state index contributed by atoms with van der Waals surface area (Å²) in [6.45, 7) is 1.96. The molecule has 0 bridgehead atoms. The second kappa shape index (κ2) is 3.15. The summed E-state index contributed by atoms with van der Waals surface area (Å²) in [5, 5.41) is 0. The lowest BCUT2D eigenvalue weighted by molar-refractivity contribution is -0.126. The van der Waals surface area contributed by atoms with Crippen LogP contribution in [0.15, 0.2) is 0 Å². The summed E-state index contributed by atoms with van der Waals surface area (Å²) in [7, 11) is 0. The minimum Gasteiger partial charge on any atom is -0.322 e. The molecule has 0 unspecified atom stereocenters. The SMILES string of the molecule is CC[C@H](N)C(=O)C1CCC1. The predicted octanol–water partition coefficient (Wildman–Crippen LogP) is 1.09. The highest BCUT2D eigenvalue weighted by molar-refractivity contribution is 5.86. The van der Waals surface area contributed by atoms with Gasteiger partial charge >= 0.3 is 0 Å². The molecular formula is C8H15NO. The van der Waals surface area contributed by atoms with E-state index in [2.05, 4.69) is 0 Å². The van der Waals surface area contributed by atoms with E-state index in [1.54, 1.807) is 0 Å². The Balaban J connectivity index is 2.32. The first-order valence-electron chi connectivity index (χ1n) is 4.05. The summed E-state index contributed by atoms with van der Waals surface area (Å²) in [6.07, 6.45) is 4.15. The number of ketones is 1. The van der Waals surface area contributed by atoms with Gasteiger partial charge in [0.05, 0.1) is 6.04 Å². The van der Waals surface area contributed by atoms with Crippen LogP contribution in [-0.4, -0.2) is 11.8 Å². The molecule has 0 amide bonds. The zero-order valence-corrected chi connectivity index (χ0v) is 6.47. The number of carbonyl (C=O) groups excluding carboxylic acids is 1. The molecule has 2 N–H and O–H groups in total. The fraction of sp³-hybridized carbons (Fsp3) is 0.875. The molecule has 0 aromatic carbocycles. The van der Waals surface area contributed by atoms with Crippen molar-refractivity contribution in [1.82, 2.24) is 0 Å². The first kappa shape index (κ1) is 7.73. The van der Waals surface area contributed by atoms with Crippen LogP contribution in [0.2, 0.25) is 0 Å². The topological polar surface area (TPSA) is 43.1 Å². The summed E-state index contributed by atoms with van der Waals surface area (Å²) in [5.41, 5.74) is 5.58. The van der Waals surface area contributed by atoms with E-state index in [-0.39, 0.29) is 11.8 Å². The second-order valence-electron chi connectivity index (χ2n) is 3.04. The van der Waals surface area contributed by atoms with Gasteiger partial charge in [-0.2, -0.15) is 0 Å². The van der Waals surface area contributed by atoms with Crippen LogP contribution in [-0.2, 0) is 4.79 Å². The van der Waals surface area contributed by atoms with Crippen molar-refractivity contribution < 1.29 is 4.79 Å². The van der Waals surface area contributed by atoms with Gasteiger partial charge < -0.3 is 5.73 Å². The van der Waals surface area contributed by atoms with Crippen LogP contribution in [0.4, 0.5) is 0 Å². The van der Waals surface area contributed by atoms with Crippen molar-refractivity contribution in [3.05, 3.63) is 0 Å². The Kier molecular flexibility index (Phi) is 2.44. The van der Waals surface area contributed by atoms with Gasteiger partial charge in [0.15, 0.2) is 5.78 Å². The quantitative estimate of drug-likeness (QED) is 0.639. The summed E-state index contributed by atoms with van der Waals surface area (Å²) in [6, 6.07) is -0.190. The maximum atomic E-state index is 11.2. The molecule has 1 fully saturated rings. The summed E-state index contributed by atoms with van der Waals surface area (Å²) >= 11 is 0. The van der Waals surface area contributed by atoms with Crippen LogP contribution in [0, 0.1) is 5.92 Å². The molecule has 0 aliphatic heterocycles. The van der Waals surface area contributed by atoms with Gasteiger partial charge in [-0.05, 0) is 19.3 Å². The highest BCUT2D eigenvalue weighted by Crippen LogP contribution is 2.28. The van der Waals surface area contributed by atoms with Gasteiger partial charge in [0.2, 0.25) is 0 Å². The molecule has 0 saturated heterocycles. The number of Topliss-reactive ketones (excluding diaryl/α,β-unsaturated/α-hetero) is 1. The maximum Gasteiger partial charge on any atom is 0.152 e. The lowest BCUT2D eigenvalue weighted by Gasteiger charge is -2.25. The molecule has 1 saturated carbocycles. The summed E-state index contributed by atoms with van der Waals surface area (Å²) < 4.78 is 0. The van der Waals surface area contributed by atoms with E-state index >= 15 is 0 Å². The molecule has 0 aromatic heterocycles. The minimum atomic E-state index is -0.190. The van der Waals surface area contributed by atoms with Crippen molar-refractivity contribution in [2.75, 3.05) is 0 Å². The maximum absolute atomic E-state index is 11.2. The van der Waals surface area contributed by atoms with Gasteiger partial charge in [-0.1, -0.05) is 13.3 Å². The molecule has 1 aliphatic rings. The highest BCUT2D eigenvalue weighted by Gasteiger charge is 2.27. The Hall–Kier alpha value is -0.370. The molecule has 1 atom stereocenters. The molecule has 0 spiro atoms. The normalized spacial score (nSPS) is 21.8. The Morgan fingerprint density at radius 1 is 1.70 bits per heavy atom. The van der Waals surface area contributed by atoms with Crippen molar-refractivity contribution >= 4 is 5.78 Å². The van der Waals surface area contributed by atoms with Crippen molar-refractivity contribution in [1.29, 1.82) is 0 Å². The number of carbonyl (C=O) groups is 1. The molecule has 10 heavy (non-hydrogen) atoms. The van der Waals surface area contributed by atoms with Crippen LogP contribution >= 0.6 is 0 Å². The largest absolute Gasteiger partial charge is 0.322 e. The molecule has 0 radical (unpaired) electrons. The first-order chi connectivity index (χ1) is 4.75. The smallest absolute Gasteiger partial charge is 0.152 e. The van der Waals surface area contributed by atoms with Crippen LogP contribution in [0.1, 0.15) is 32.6 Å². The Morgan fingerprint density at radius 3 is 2.60 bits per heavy atom. The van der Waals surface area contributed by atoms with Gasteiger partial charge in [-0.15, -0.1) is 0 Å². The fourth-order valence-corrected chi connectivity index (χ4v) is 1.20. The van der Waals surface area contributed by atoms with E-state index in [1.807, 2.05) is 6.92 Å². The van der Waals surface area contributed by atoms with Gasteiger partial charge in [0, 0.05) is 5.92 Å². The molecule has 2 nitrogen and oxygen atoms in total. The minimum absolute atomic E-state index is 0.190. The van der Waals surface area contributed by atoms with Crippen molar-refractivity contribution in [2.45, 2.75) is 38.6 Å². The van der Waals surface area contributed by atoms with E-state index in [0.717, 1.165) is 19.3 Å². The van der Waals surface area contributed by atoms with E-state index in [4.69, 9.17) is 5.73 Å².